The van der Waals surface area contributed by atoms with Crippen LogP contribution in [0, 0.1) is 0 Å². The molecule has 0 spiro atoms. The number of nitrogens with zero attached hydrogens (tertiary/aromatic N) is 3. The van der Waals surface area contributed by atoms with E-state index in [4.69, 9.17) is 5.11 Å². The first-order valence-electron chi connectivity index (χ1n) is 3.92. The largest absolute Gasteiger partial charge is 0.476 e. The molecule has 1 aliphatic rings. The van der Waals surface area contributed by atoms with Crippen LogP contribution in [0.4, 0.5) is 0 Å². The number of carboxylic acid groups (broad SMARTS) is 1. The Morgan fingerprint density at radius 3 is 2.83 bits per heavy atom. The van der Waals surface area contributed by atoms with Gasteiger partial charge in [0.05, 0.1) is 12.2 Å². The second kappa shape index (κ2) is 2.58. The third-order valence-electron chi connectivity index (χ3n) is 2.18. The Balaban J connectivity index is 2.17. The molecule has 2 rings (SSSR count). The fourth-order valence-corrected chi connectivity index (χ4v) is 1.20. The molecule has 0 aromatic carbocycles. The van der Waals surface area contributed by atoms with E-state index in [-0.39, 0.29) is 5.69 Å². The Morgan fingerprint density at radius 1 is 1.67 bits per heavy atom. The minimum atomic E-state index is -1.01. The van der Waals surface area contributed by atoms with Crippen molar-refractivity contribution in [2.75, 3.05) is 0 Å². The molecular weight excluding hydrogens is 158 g/mol. The van der Waals surface area contributed by atoms with Crippen LogP contribution in [-0.4, -0.2) is 26.1 Å². The van der Waals surface area contributed by atoms with E-state index in [1.165, 1.54) is 12.6 Å². The van der Waals surface area contributed by atoms with Gasteiger partial charge in [-0.1, -0.05) is 5.21 Å². The quantitative estimate of drug-likeness (QED) is 0.704. The molecule has 0 aliphatic heterocycles. The summed E-state index contributed by atoms with van der Waals surface area (Å²) < 4.78 is 1.65. The lowest BCUT2D eigenvalue weighted by molar-refractivity contribution is 0.0690. The van der Waals surface area contributed by atoms with Gasteiger partial charge in [-0.15, -0.1) is 5.10 Å². The van der Waals surface area contributed by atoms with Gasteiger partial charge in [0.25, 0.3) is 0 Å². The molecule has 0 amide bonds. The van der Waals surface area contributed by atoms with E-state index in [0.717, 1.165) is 12.8 Å². The van der Waals surface area contributed by atoms with Crippen LogP contribution in [0.1, 0.15) is 35.8 Å². The Kier molecular flexibility index (Phi) is 1.56. The molecule has 1 N–H and O–H groups in total. The van der Waals surface area contributed by atoms with Crippen LogP contribution < -0.4 is 0 Å². The van der Waals surface area contributed by atoms with Crippen LogP contribution in [0.25, 0.3) is 0 Å². The summed E-state index contributed by atoms with van der Waals surface area (Å²) in [6.07, 6.45) is 4.87. The third-order valence-corrected chi connectivity index (χ3v) is 2.18. The summed E-state index contributed by atoms with van der Waals surface area (Å²) in [5, 5.41) is 15.8. The smallest absolute Gasteiger partial charge is 0.358 e. The van der Waals surface area contributed by atoms with Crippen molar-refractivity contribution in [1.29, 1.82) is 0 Å². The lowest BCUT2D eigenvalue weighted by atomic mass is 9.93. The first kappa shape index (κ1) is 7.27. The highest BCUT2D eigenvalue weighted by Gasteiger charge is 2.21. The molecule has 0 bridgehead atoms. The van der Waals surface area contributed by atoms with Gasteiger partial charge >= 0.3 is 5.97 Å². The fourth-order valence-electron chi connectivity index (χ4n) is 1.20. The van der Waals surface area contributed by atoms with E-state index in [2.05, 4.69) is 10.3 Å². The van der Waals surface area contributed by atoms with E-state index < -0.39 is 5.97 Å². The van der Waals surface area contributed by atoms with Gasteiger partial charge in [-0.05, 0) is 19.3 Å². The molecule has 64 valence electrons. The molecule has 0 atom stereocenters. The first-order valence-corrected chi connectivity index (χ1v) is 3.92. The van der Waals surface area contributed by atoms with Crippen LogP contribution in [0.15, 0.2) is 6.20 Å². The summed E-state index contributed by atoms with van der Waals surface area (Å²) in [5.74, 6) is -1.01. The second-order valence-electron chi connectivity index (χ2n) is 2.97. The summed E-state index contributed by atoms with van der Waals surface area (Å²) in [4.78, 5) is 10.4. The van der Waals surface area contributed by atoms with E-state index in [1.54, 1.807) is 4.68 Å². The standard InChI is InChI=1S/C7H9N3O2/c11-7(12)6-4-10(9-8-6)5-2-1-3-5/h4-5H,1-3H2,(H,11,12). The van der Waals surface area contributed by atoms with Crippen LogP contribution in [-0.2, 0) is 0 Å². The summed E-state index contributed by atoms with van der Waals surface area (Å²) in [7, 11) is 0. The minimum Gasteiger partial charge on any atom is -0.476 e. The Morgan fingerprint density at radius 2 is 2.42 bits per heavy atom. The lowest BCUT2D eigenvalue weighted by Crippen LogP contribution is -2.17. The number of hydrogen-bond donors (Lipinski definition) is 1. The van der Waals surface area contributed by atoms with Gasteiger partial charge < -0.3 is 5.11 Å². The summed E-state index contributed by atoms with van der Waals surface area (Å²) >= 11 is 0. The number of rotatable bonds is 2. The van der Waals surface area contributed by atoms with Crippen LogP contribution in [0.5, 0.6) is 0 Å². The molecule has 0 radical (unpaired) electrons. The van der Waals surface area contributed by atoms with Crippen LogP contribution in [0.3, 0.4) is 0 Å². The summed E-state index contributed by atoms with van der Waals surface area (Å²) in [6, 6.07) is 0.380. The highest BCUT2D eigenvalue weighted by atomic mass is 16.4. The number of aromatic nitrogens is 3. The number of carbonyl (C=O) groups is 1. The molecule has 5 heteroatoms. The van der Waals surface area contributed by atoms with Gasteiger partial charge in [0.15, 0.2) is 5.69 Å². The fraction of sp³-hybridized carbons (Fsp3) is 0.571. The summed E-state index contributed by atoms with van der Waals surface area (Å²) in [5.41, 5.74) is 0.0295. The van der Waals surface area contributed by atoms with Gasteiger partial charge in [-0.2, -0.15) is 0 Å². The van der Waals surface area contributed by atoms with Gasteiger partial charge in [0.1, 0.15) is 0 Å². The molecule has 0 unspecified atom stereocenters. The normalized spacial score (nSPS) is 17.3. The lowest BCUT2D eigenvalue weighted by Gasteiger charge is -2.24. The molecule has 1 aromatic rings. The van der Waals surface area contributed by atoms with Crippen molar-refractivity contribution >= 4 is 5.97 Å². The van der Waals surface area contributed by atoms with Crippen LogP contribution in [0.2, 0.25) is 0 Å². The zero-order valence-electron chi connectivity index (χ0n) is 6.47. The van der Waals surface area contributed by atoms with Crippen molar-refractivity contribution in [3.63, 3.8) is 0 Å². The molecule has 1 aliphatic carbocycles. The maximum atomic E-state index is 10.4. The minimum absolute atomic E-state index is 0.0295. The number of carboxylic acids is 1. The number of aromatic carboxylic acids is 1. The zero-order valence-corrected chi connectivity index (χ0v) is 6.47. The van der Waals surface area contributed by atoms with Crippen molar-refractivity contribution in [2.45, 2.75) is 25.3 Å². The van der Waals surface area contributed by atoms with Crippen molar-refractivity contribution in [2.24, 2.45) is 0 Å². The average Bonchev–Trinajstić information content (AvgIpc) is 2.32. The maximum Gasteiger partial charge on any atom is 0.358 e. The highest BCUT2D eigenvalue weighted by molar-refractivity contribution is 5.84. The van der Waals surface area contributed by atoms with Crippen molar-refractivity contribution in [1.82, 2.24) is 15.0 Å². The van der Waals surface area contributed by atoms with E-state index in [1.807, 2.05) is 0 Å². The van der Waals surface area contributed by atoms with E-state index in [0.29, 0.717) is 6.04 Å². The van der Waals surface area contributed by atoms with Crippen LogP contribution >= 0.6 is 0 Å². The zero-order chi connectivity index (χ0) is 8.55. The molecule has 1 heterocycles. The van der Waals surface area contributed by atoms with Gasteiger partial charge in [-0.25, -0.2) is 9.48 Å². The van der Waals surface area contributed by atoms with Crippen molar-refractivity contribution in [3.05, 3.63) is 11.9 Å². The topological polar surface area (TPSA) is 68.0 Å². The SMILES string of the molecule is O=C(O)c1cn(C2CCC2)nn1. The molecule has 12 heavy (non-hydrogen) atoms. The van der Waals surface area contributed by atoms with E-state index in [9.17, 15) is 4.79 Å². The molecule has 1 saturated carbocycles. The molecule has 1 fully saturated rings. The Bertz CT molecular complexity index is 303. The molecule has 0 saturated heterocycles. The van der Waals surface area contributed by atoms with Gasteiger partial charge in [0, 0.05) is 0 Å². The Hall–Kier alpha value is -1.39. The summed E-state index contributed by atoms with van der Waals surface area (Å²) in [6.45, 7) is 0. The first-order chi connectivity index (χ1) is 5.77. The van der Waals surface area contributed by atoms with Gasteiger partial charge in [0.2, 0.25) is 0 Å². The predicted octanol–water partition coefficient (Wildman–Crippen LogP) is 0.701. The predicted molar refractivity (Wildman–Crippen MR) is 39.9 cm³/mol. The van der Waals surface area contributed by atoms with Crippen molar-refractivity contribution < 1.29 is 9.90 Å². The monoisotopic (exact) mass is 167 g/mol. The van der Waals surface area contributed by atoms with E-state index >= 15 is 0 Å². The third kappa shape index (κ3) is 1.07. The molecular formula is C7H9N3O2. The van der Waals surface area contributed by atoms with Gasteiger partial charge in [-0.3, -0.25) is 0 Å². The maximum absolute atomic E-state index is 10.4. The number of hydrogen-bond acceptors (Lipinski definition) is 3. The Labute approximate surface area is 69.0 Å². The highest BCUT2D eigenvalue weighted by Crippen LogP contribution is 2.30. The van der Waals surface area contributed by atoms with Crippen molar-refractivity contribution in [3.8, 4) is 0 Å². The average molecular weight is 167 g/mol. The second-order valence-corrected chi connectivity index (χ2v) is 2.97. The molecule has 5 nitrogen and oxygen atoms in total. The molecule has 1 aromatic heterocycles.